The van der Waals surface area contributed by atoms with Crippen molar-refractivity contribution in [3.63, 3.8) is 0 Å². The first-order chi connectivity index (χ1) is 13.1. The molecule has 0 saturated carbocycles. The van der Waals surface area contributed by atoms with Gasteiger partial charge in [0.2, 0.25) is 0 Å². The highest BCUT2D eigenvalue weighted by molar-refractivity contribution is 5.95. The fourth-order valence-corrected chi connectivity index (χ4v) is 3.59. The predicted octanol–water partition coefficient (Wildman–Crippen LogP) is 2.95. The molecule has 6 heteroatoms. The maximum absolute atomic E-state index is 14.0. The zero-order chi connectivity index (χ0) is 19.0. The molecular formula is C21H20FN3O2. The van der Waals surface area contributed by atoms with Crippen molar-refractivity contribution in [2.75, 3.05) is 20.2 Å². The SMILES string of the molecule is COc1ccc([C@H]2CN(C(=O)c3ccc4cccc(F)c4n3)C[C@@H]2N)cc1. The third-order valence-electron chi connectivity index (χ3n) is 5.09. The molecule has 4 rings (SSSR count). The standard InChI is InChI=1S/C21H20FN3O2/c1-27-15-8-5-13(6-9-15)16-11-25(12-18(16)23)21(26)19-10-7-14-3-2-4-17(22)20(14)24-19/h2-10,16,18H,11-12,23H2,1H3/t16-,18+/m1/s1. The minimum absolute atomic E-state index is 0.0389. The van der Waals surface area contributed by atoms with Gasteiger partial charge < -0.3 is 15.4 Å². The number of methoxy groups -OCH3 is 1. The summed E-state index contributed by atoms with van der Waals surface area (Å²) in [5.41, 5.74) is 7.80. The lowest BCUT2D eigenvalue weighted by Crippen LogP contribution is -2.32. The first-order valence-electron chi connectivity index (χ1n) is 8.81. The molecule has 27 heavy (non-hydrogen) atoms. The lowest BCUT2D eigenvalue weighted by molar-refractivity contribution is 0.0784. The molecule has 3 aromatic rings. The van der Waals surface area contributed by atoms with Crippen LogP contribution in [0.15, 0.2) is 54.6 Å². The van der Waals surface area contributed by atoms with Crippen LogP contribution in [0.2, 0.25) is 0 Å². The molecule has 1 fully saturated rings. The van der Waals surface area contributed by atoms with Crippen LogP contribution < -0.4 is 10.5 Å². The number of carbonyl (C=O) groups is 1. The van der Waals surface area contributed by atoms with Gasteiger partial charge in [0.1, 0.15) is 22.8 Å². The highest BCUT2D eigenvalue weighted by Gasteiger charge is 2.34. The topological polar surface area (TPSA) is 68.5 Å². The summed E-state index contributed by atoms with van der Waals surface area (Å²) in [6.07, 6.45) is 0. The van der Waals surface area contributed by atoms with Crippen molar-refractivity contribution in [3.8, 4) is 5.75 Å². The third kappa shape index (κ3) is 3.24. The molecule has 0 radical (unpaired) electrons. The minimum Gasteiger partial charge on any atom is -0.497 e. The van der Waals surface area contributed by atoms with Gasteiger partial charge >= 0.3 is 0 Å². The Morgan fingerprint density at radius 3 is 2.67 bits per heavy atom. The fourth-order valence-electron chi connectivity index (χ4n) is 3.59. The molecule has 1 aliphatic heterocycles. The number of carbonyl (C=O) groups excluding carboxylic acids is 1. The van der Waals surface area contributed by atoms with Crippen LogP contribution in [0.4, 0.5) is 4.39 Å². The van der Waals surface area contributed by atoms with E-state index in [2.05, 4.69) is 4.98 Å². The first-order valence-corrected chi connectivity index (χ1v) is 8.81. The molecule has 1 aromatic heterocycles. The van der Waals surface area contributed by atoms with Gasteiger partial charge in [-0.15, -0.1) is 0 Å². The molecule has 138 valence electrons. The highest BCUT2D eigenvalue weighted by atomic mass is 19.1. The molecule has 1 amide bonds. The third-order valence-corrected chi connectivity index (χ3v) is 5.09. The Labute approximate surface area is 156 Å². The first kappa shape index (κ1) is 17.4. The Bertz CT molecular complexity index is 990. The number of ether oxygens (including phenoxy) is 1. The van der Waals surface area contributed by atoms with E-state index in [1.807, 2.05) is 24.3 Å². The van der Waals surface area contributed by atoms with E-state index < -0.39 is 5.82 Å². The second kappa shape index (κ2) is 6.96. The van der Waals surface area contributed by atoms with Gasteiger partial charge in [0.15, 0.2) is 0 Å². The van der Waals surface area contributed by atoms with Gasteiger partial charge in [0.25, 0.3) is 5.91 Å². The molecule has 1 aliphatic rings. The molecule has 2 atom stereocenters. The summed E-state index contributed by atoms with van der Waals surface area (Å²) in [5.74, 6) is 0.153. The lowest BCUT2D eigenvalue weighted by Gasteiger charge is -2.16. The van der Waals surface area contributed by atoms with Gasteiger partial charge in [0.05, 0.1) is 7.11 Å². The summed E-state index contributed by atoms with van der Waals surface area (Å²) in [5, 5.41) is 0.667. The van der Waals surface area contributed by atoms with Crippen molar-refractivity contribution in [2.45, 2.75) is 12.0 Å². The van der Waals surface area contributed by atoms with Crippen LogP contribution in [0.5, 0.6) is 5.75 Å². The largest absolute Gasteiger partial charge is 0.497 e. The summed E-state index contributed by atoms with van der Waals surface area (Å²) >= 11 is 0. The Morgan fingerprint density at radius 2 is 1.93 bits per heavy atom. The number of halogens is 1. The number of pyridine rings is 1. The van der Waals surface area contributed by atoms with Gasteiger partial charge in [-0.2, -0.15) is 0 Å². The van der Waals surface area contributed by atoms with Crippen molar-refractivity contribution < 1.29 is 13.9 Å². The minimum atomic E-state index is -0.434. The van der Waals surface area contributed by atoms with E-state index >= 15 is 0 Å². The molecule has 2 aromatic carbocycles. The number of rotatable bonds is 3. The van der Waals surface area contributed by atoms with Crippen LogP contribution in [0.1, 0.15) is 22.0 Å². The van der Waals surface area contributed by atoms with Crippen molar-refractivity contribution in [3.05, 3.63) is 71.7 Å². The Morgan fingerprint density at radius 1 is 1.15 bits per heavy atom. The number of fused-ring (bicyclic) bond motifs is 1. The highest BCUT2D eigenvalue weighted by Crippen LogP contribution is 2.29. The van der Waals surface area contributed by atoms with Crippen molar-refractivity contribution in [2.24, 2.45) is 5.73 Å². The summed E-state index contributed by atoms with van der Waals surface area (Å²) in [6.45, 7) is 0.940. The zero-order valence-electron chi connectivity index (χ0n) is 14.9. The normalized spacial score (nSPS) is 19.4. The number of hydrogen-bond acceptors (Lipinski definition) is 4. The number of amides is 1. The molecule has 5 nitrogen and oxygen atoms in total. The molecule has 1 saturated heterocycles. The van der Waals surface area contributed by atoms with Crippen molar-refractivity contribution in [1.29, 1.82) is 0 Å². The smallest absolute Gasteiger partial charge is 0.272 e. The van der Waals surface area contributed by atoms with Crippen LogP contribution in [0.25, 0.3) is 10.9 Å². The maximum atomic E-state index is 14.0. The lowest BCUT2D eigenvalue weighted by atomic mass is 9.95. The average molecular weight is 365 g/mol. The van der Waals surface area contributed by atoms with Crippen molar-refractivity contribution >= 4 is 16.8 Å². The molecule has 0 spiro atoms. The molecule has 0 aliphatic carbocycles. The Hall–Kier alpha value is -2.99. The van der Waals surface area contributed by atoms with E-state index in [0.29, 0.717) is 18.5 Å². The van der Waals surface area contributed by atoms with Crippen LogP contribution in [-0.4, -0.2) is 42.0 Å². The Balaban J connectivity index is 1.57. The van der Waals surface area contributed by atoms with Crippen LogP contribution in [0.3, 0.4) is 0 Å². The molecule has 0 bridgehead atoms. The van der Waals surface area contributed by atoms with E-state index in [0.717, 1.165) is 11.3 Å². The zero-order valence-corrected chi connectivity index (χ0v) is 14.9. The summed E-state index contributed by atoms with van der Waals surface area (Å²) in [4.78, 5) is 18.8. The van der Waals surface area contributed by atoms with E-state index in [9.17, 15) is 9.18 Å². The van der Waals surface area contributed by atoms with E-state index in [1.54, 1.807) is 36.3 Å². The monoisotopic (exact) mass is 365 g/mol. The maximum Gasteiger partial charge on any atom is 0.272 e. The van der Waals surface area contributed by atoms with E-state index in [1.165, 1.54) is 6.07 Å². The number of nitrogens with zero attached hydrogens (tertiary/aromatic N) is 2. The second-order valence-corrected chi connectivity index (χ2v) is 6.76. The number of aromatic nitrogens is 1. The van der Waals surface area contributed by atoms with Crippen LogP contribution in [-0.2, 0) is 0 Å². The predicted molar refractivity (Wildman–Crippen MR) is 101 cm³/mol. The van der Waals surface area contributed by atoms with Gasteiger partial charge in [-0.1, -0.05) is 30.3 Å². The Kier molecular flexibility index (Phi) is 4.49. The number of benzene rings is 2. The van der Waals surface area contributed by atoms with Gasteiger partial charge in [0, 0.05) is 30.4 Å². The van der Waals surface area contributed by atoms with Crippen LogP contribution in [0, 0.1) is 5.82 Å². The van der Waals surface area contributed by atoms with Gasteiger partial charge in [-0.3, -0.25) is 4.79 Å². The summed E-state index contributed by atoms with van der Waals surface area (Å²) in [6, 6.07) is 15.6. The van der Waals surface area contributed by atoms with E-state index in [-0.39, 0.29) is 29.1 Å². The fraction of sp³-hybridized carbons (Fsp3) is 0.238. The average Bonchev–Trinajstić information content (AvgIpc) is 3.09. The number of hydrogen-bond donors (Lipinski definition) is 1. The second-order valence-electron chi connectivity index (χ2n) is 6.76. The molecule has 0 unspecified atom stereocenters. The van der Waals surface area contributed by atoms with Crippen molar-refractivity contribution in [1.82, 2.24) is 9.88 Å². The van der Waals surface area contributed by atoms with Gasteiger partial charge in [-0.05, 0) is 29.8 Å². The van der Waals surface area contributed by atoms with Gasteiger partial charge in [-0.25, -0.2) is 9.37 Å². The molecule has 2 heterocycles. The number of para-hydroxylation sites is 1. The number of likely N-dealkylation sites (tertiary alicyclic amines) is 1. The number of nitrogens with two attached hydrogens (primary N) is 1. The summed E-state index contributed by atoms with van der Waals surface area (Å²) < 4.78 is 19.2. The van der Waals surface area contributed by atoms with Crippen LogP contribution >= 0.6 is 0 Å². The quantitative estimate of drug-likeness (QED) is 0.775. The molecular weight excluding hydrogens is 345 g/mol. The summed E-state index contributed by atoms with van der Waals surface area (Å²) in [7, 11) is 1.62. The molecule has 2 N–H and O–H groups in total. The van der Waals surface area contributed by atoms with E-state index in [4.69, 9.17) is 10.5 Å².